The fraction of sp³-hybridized carbons (Fsp3) is 0.476. The van der Waals surface area contributed by atoms with Crippen molar-refractivity contribution in [3.05, 3.63) is 60.2 Å². The van der Waals surface area contributed by atoms with Crippen molar-refractivity contribution in [2.45, 2.75) is 32.2 Å². The van der Waals surface area contributed by atoms with E-state index >= 15 is 0 Å². The standard InChI is InChI=1S/C21H26N4O/c26-20(19-15-22-10-11-23-19)25-13-8-21(9-14-25)7-4-12-24(17-21)16-18-5-2-1-3-6-18/h1-3,5-6,10-11,15H,4,7-9,12-14,16-17H2. The van der Waals surface area contributed by atoms with Gasteiger partial charge in [0.25, 0.3) is 5.91 Å². The van der Waals surface area contributed by atoms with Crippen LogP contribution in [-0.2, 0) is 6.54 Å². The lowest BCUT2D eigenvalue weighted by molar-refractivity contribution is 0.0195. The highest BCUT2D eigenvalue weighted by Gasteiger charge is 2.39. The van der Waals surface area contributed by atoms with Gasteiger partial charge in [0, 0.05) is 38.6 Å². The van der Waals surface area contributed by atoms with Crippen molar-refractivity contribution in [1.82, 2.24) is 19.8 Å². The summed E-state index contributed by atoms with van der Waals surface area (Å²) in [6.45, 7) is 5.02. The molecule has 136 valence electrons. The Kier molecular flexibility index (Phi) is 4.98. The molecular weight excluding hydrogens is 324 g/mol. The van der Waals surface area contributed by atoms with Crippen molar-refractivity contribution >= 4 is 5.91 Å². The number of piperidine rings is 2. The summed E-state index contributed by atoms with van der Waals surface area (Å²) in [4.78, 5) is 25.3. The number of hydrogen-bond donors (Lipinski definition) is 0. The topological polar surface area (TPSA) is 49.3 Å². The van der Waals surface area contributed by atoms with Gasteiger partial charge < -0.3 is 4.90 Å². The summed E-state index contributed by atoms with van der Waals surface area (Å²) in [7, 11) is 0. The third-order valence-corrected chi connectivity index (χ3v) is 5.88. The fourth-order valence-electron chi connectivity index (χ4n) is 4.45. The second-order valence-electron chi connectivity index (χ2n) is 7.68. The van der Waals surface area contributed by atoms with Crippen molar-refractivity contribution in [3.63, 3.8) is 0 Å². The molecular formula is C21H26N4O. The van der Waals surface area contributed by atoms with Crippen LogP contribution in [0.3, 0.4) is 0 Å². The summed E-state index contributed by atoms with van der Waals surface area (Å²) in [5.41, 5.74) is 2.21. The maximum atomic E-state index is 12.6. The summed E-state index contributed by atoms with van der Waals surface area (Å²) in [5.74, 6) is 0.0184. The molecule has 0 N–H and O–H groups in total. The lowest BCUT2D eigenvalue weighted by Gasteiger charge is -2.47. The van der Waals surface area contributed by atoms with E-state index in [2.05, 4.69) is 45.2 Å². The van der Waals surface area contributed by atoms with Crippen LogP contribution in [0.5, 0.6) is 0 Å². The number of aromatic nitrogens is 2. The van der Waals surface area contributed by atoms with Crippen molar-refractivity contribution < 1.29 is 4.79 Å². The largest absolute Gasteiger partial charge is 0.337 e. The molecule has 0 atom stereocenters. The molecule has 0 unspecified atom stereocenters. The van der Waals surface area contributed by atoms with E-state index in [-0.39, 0.29) is 5.91 Å². The summed E-state index contributed by atoms with van der Waals surface area (Å²) < 4.78 is 0. The molecule has 1 spiro atoms. The lowest BCUT2D eigenvalue weighted by atomic mass is 9.72. The summed E-state index contributed by atoms with van der Waals surface area (Å²) in [6, 6.07) is 10.7. The molecule has 1 amide bonds. The number of hydrogen-bond acceptors (Lipinski definition) is 4. The zero-order valence-corrected chi connectivity index (χ0v) is 15.2. The molecule has 2 aromatic rings. The van der Waals surface area contributed by atoms with Gasteiger partial charge in [-0.25, -0.2) is 4.98 Å². The molecule has 2 fully saturated rings. The minimum absolute atomic E-state index is 0.0184. The number of benzene rings is 1. The van der Waals surface area contributed by atoms with Crippen LogP contribution < -0.4 is 0 Å². The second-order valence-corrected chi connectivity index (χ2v) is 7.68. The van der Waals surface area contributed by atoms with Crippen LogP contribution in [0.4, 0.5) is 0 Å². The van der Waals surface area contributed by atoms with Gasteiger partial charge in [-0.15, -0.1) is 0 Å². The SMILES string of the molecule is O=C(c1cnccn1)N1CCC2(CCCN(Cc3ccccc3)C2)CC1. The monoisotopic (exact) mass is 350 g/mol. The molecule has 3 heterocycles. The molecule has 5 nitrogen and oxygen atoms in total. The zero-order chi connectivity index (χ0) is 17.8. The van der Waals surface area contributed by atoms with Crippen LogP contribution in [0, 0.1) is 5.41 Å². The molecule has 26 heavy (non-hydrogen) atoms. The van der Waals surface area contributed by atoms with Crippen molar-refractivity contribution in [2.75, 3.05) is 26.2 Å². The highest BCUT2D eigenvalue weighted by molar-refractivity contribution is 5.92. The van der Waals surface area contributed by atoms with Gasteiger partial charge in [-0.3, -0.25) is 14.7 Å². The van der Waals surface area contributed by atoms with E-state index in [0.29, 0.717) is 11.1 Å². The minimum Gasteiger partial charge on any atom is -0.337 e. The third-order valence-electron chi connectivity index (χ3n) is 5.88. The van der Waals surface area contributed by atoms with Gasteiger partial charge in [0.05, 0.1) is 6.20 Å². The normalized spacial score (nSPS) is 20.2. The summed E-state index contributed by atoms with van der Waals surface area (Å²) >= 11 is 0. The lowest BCUT2D eigenvalue weighted by Crippen LogP contribution is -2.50. The minimum atomic E-state index is 0.0184. The van der Waals surface area contributed by atoms with Crippen LogP contribution in [0.2, 0.25) is 0 Å². The number of carbonyl (C=O) groups is 1. The first-order valence-corrected chi connectivity index (χ1v) is 9.56. The van der Waals surface area contributed by atoms with Gasteiger partial charge in [0.15, 0.2) is 0 Å². The van der Waals surface area contributed by atoms with Crippen LogP contribution in [-0.4, -0.2) is 51.9 Å². The molecule has 2 saturated heterocycles. The molecule has 1 aromatic carbocycles. The van der Waals surface area contributed by atoms with Crippen LogP contribution in [0.15, 0.2) is 48.9 Å². The molecule has 0 radical (unpaired) electrons. The van der Waals surface area contributed by atoms with Gasteiger partial charge in [-0.2, -0.15) is 0 Å². The molecule has 4 rings (SSSR count). The summed E-state index contributed by atoms with van der Waals surface area (Å²) in [5, 5.41) is 0. The maximum Gasteiger partial charge on any atom is 0.274 e. The third kappa shape index (κ3) is 3.78. The van der Waals surface area contributed by atoms with Crippen molar-refractivity contribution in [3.8, 4) is 0 Å². The quantitative estimate of drug-likeness (QED) is 0.854. The van der Waals surface area contributed by atoms with E-state index in [4.69, 9.17) is 0 Å². The van der Waals surface area contributed by atoms with Crippen molar-refractivity contribution in [1.29, 1.82) is 0 Å². The Balaban J connectivity index is 1.36. The predicted molar refractivity (Wildman–Crippen MR) is 101 cm³/mol. The molecule has 0 aliphatic carbocycles. The highest BCUT2D eigenvalue weighted by atomic mass is 16.2. The average Bonchev–Trinajstić information content (AvgIpc) is 2.70. The van der Waals surface area contributed by atoms with E-state index in [1.807, 2.05) is 4.90 Å². The Morgan fingerprint density at radius 1 is 1.04 bits per heavy atom. The zero-order valence-electron chi connectivity index (χ0n) is 15.2. The molecule has 0 saturated carbocycles. The van der Waals surface area contributed by atoms with Gasteiger partial charge in [0.2, 0.25) is 0 Å². The van der Waals surface area contributed by atoms with Gasteiger partial charge >= 0.3 is 0 Å². The van der Waals surface area contributed by atoms with Crippen molar-refractivity contribution in [2.24, 2.45) is 5.41 Å². The number of nitrogens with zero attached hydrogens (tertiary/aromatic N) is 4. The van der Waals surface area contributed by atoms with Crippen LogP contribution >= 0.6 is 0 Å². The van der Waals surface area contributed by atoms with E-state index in [1.54, 1.807) is 18.6 Å². The highest BCUT2D eigenvalue weighted by Crippen LogP contribution is 2.40. The first-order valence-electron chi connectivity index (χ1n) is 9.56. The van der Waals surface area contributed by atoms with Gasteiger partial charge in [0.1, 0.15) is 5.69 Å². The Morgan fingerprint density at radius 2 is 1.85 bits per heavy atom. The second kappa shape index (κ2) is 7.54. The number of carbonyl (C=O) groups excluding carboxylic acids is 1. The Labute approximate surface area is 155 Å². The molecule has 5 heteroatoms. The van der Waals surface area contributed by atoms with Gasteiger partial charge in [-0.05, 0) is 43.2 Å². The Morgan fingerprint density at radius 3 is 2.58 bits per heavy atom. The first-order chi connectivity index (χ1) is 12.7. The Bertz CT molecular complexity index is 726. The molecule has 1 aromatic heterocycles. The van der Waals surface area contributed by atoms with Gasteiger partial charge in [-0.1, -0.05) is 30.3 Å². The Hall–Kier alpha value is -2.27. The number of amides is 1. The fourth-order valence-corrected chi connectivity index (χ4v) is 4.45. The van der Waals surface area contributed by atoms with E-state index < -0.39 is 0 Å². The van der Waals surface area contributed by atoms with E-state index in [9.17, 15) is 4.79 Å². The van der Waals surface area contributed by atoms with Crippen LogP contribution in [0.25, 0.3) is 0 Å². The number of likely N-dealkylation sites (tertiary alicyclic amines) is 2. The molecule has 0 bridgehead atoms. The van der Waals surface area contributed by atoms with Crippen LogP contribution in [0.1, 0.15) is 41.7 Å². The predicted octanol–water partition coefficient (Wildman–Crippen LogP) is 3.00. The summed E-state index contributed by atoms with van der Waals surface area (Å²) in [6.07, 6.45) is 9.46. The first kappa shape index (κ1) is 17.2. The average molecular weight is 350 g/mol. The molecule has 2 aliphatic heterocycles. The van der Waals surface area contributed by atoms with E-state index in [1.165, 1.54) is 24.9 Å². The smallest absolute Gasteiger partial charge is 0.274 e. The maximum absolute atomic E-state index is 12.6. The molecule has 2 aliphatic rings. The number of rotatable bonds is 3. The van der Waals surface area contributed by atoms with E-state index in [0.717, 1.165) is 39.0 Å².